The largest absolute Gasteiger partial charge is 0.325 e. The first-order chi connectivity index (χ1) is 14.1. The third-order valence-electron chi connectivity index (χ3n) is 5.61. The van der Waals surface area contributed by atoms with Crippen LogP contribution in [0.1, 0.15) is 49.4 Å². The van der Waals surface area contributed by atoms with Gasteiger partial charge in [-0.25, -0.2) is 0 Å². The van der Waals surface area contributed by atoms with Crippen molar-refractivity contribution < 1.29 is 9.59 Å². The number of amides is 2. The second-order valence-electron chi connectivity index (χ2n) is 7.72. The molecule has 0 atom stereocenters. The van der Waals surface area contributed by atoms with Gasteiger partial charge in [0.25, 0.3) is 5.91 Å². The van der Waals surface area contributed by atoms with Gasteiger partial charge in [-0.2, -0.15) is 0 Å². The molecule has 1 fully saturated rings. The summed E-state index contributed by atoms with van der Waals surface area (Å²) in [7, 11) is 2.02. The van der Waals surface area contributed by atoms with Crippen molar-refractivity contribution in [2.45, 2.75) is 45.1 Å². The van der Waals surface area contributed by atoms with E-state index in [4.69, 9.17) is 0 Å². The number of carbonyl (C=O) groups excluding carboxylic acids is 2. The zero-order valence-corrected chi connectivity index (χ0v) is 17.4. The monoisotopic (exact) mass is 393 g/mol. The zero-order valence-electron chi connectivity index (χ0n) is 17.4. The van der Waals surface area contributed by atoms with Crippen LogP contribution in [0.3, 0.4) is 0 Å². The van der Waals surface area contributed by atoms with Gasteiger partial charge < -0.3 is 10.2 Å². The Morgan fingerprint density at radius 2 is 1.72 bits per heavy atom. The van der Waals surface area contributed by atoms with Crippen molar-refractivity contribution in [3.63, 3.8) is 0 Å². The molecule has 29 heavy (non-hydrogen) atoms. The third-order valence-corrected chi connectivity index (χ3v) is 5.61. The second kappa shape index (κ2) is 10.2. The number of nitrogens with zero attached hydrogens (tertiary/aromatic N) is 2. The highest BCUT2D eigenvalue weighted by Crippen LogP contribution is 2.22. The normalized spacial score (nSPS) is 14.6. The molecule has 0 unspecified atom stereocenters. The number of anilines is 2. The smallest absolute Gasteiger partial charge is 0.258 e. The molecule has 0 aliphatic heterocycles. The molecule has 0 bridgehead atoms. The highest BCUT2D eigenvalue weighted by Gasteiger charge is 2.20. The quantitative estimate of drug-likeness (QED) is 0.750. The molecule has 3 rings (SSSR count). The molecule has 0 radical (unpaired) electrons. The van der Waals surface area contributed by atoms with Crippen LogP contribution in [0.25, 0.3) is 0 Å². The van der Waals surface area contributed by atoms with E-state index >= 15 is 0 Å². The number of hydrogen-bond acceptors (Lipinski definition) is 3. The minimum atomic E-state index is -0.0749. The van der Waals surface area contributed by atoms with Gasteiger partial charge in [0.15, 0.2) is 0 Å². The predicted octanol–water partition coefficient (Wildman–Crippen LogP) is 4.56. The molecule has 1 N–H and O–H groups in total. The van der Waals surface area contributed by atoms with Crippen LogP contribution in [-0.4, -0.2) is 42.9 Å². The van der Waals surface area contributed by atoms with Crippen molar-refractivity contribution in [3.05, 3.63) is 60.2 Å². The Balaban J connectivity index is 1.64. The van der Waals surface area contributed by atoms with E-state index in [0.29, 0.717) is 30.4 Å². The Morgan fingerprint density at radius 1 is 1.00 bits per heavy atom. The molecule has 0 spiro atoms. The number of likely N-dealkylation sites (N-methyl/N-ethyl adjacent to an activating group) is 1. The Kier molecular flexibility index (Phi) is 7.42. The summed E-state index contributed by atoms with van der Waals surface area (Å²) in [6.07, 6.45) is 6.13. The van der Waals surface area contributed by atoms with E-state index in [9.17, 15) is 9.59 Å². The summed E-state index contributed by atoms with van der Waals surface area (Å²) in [5.41, 5.74) is 2.08. The number of hydrogen-bond donors (Lipinski definition) is 1. The molecule has 1 aliphatic rings. The number of rotatable bonds is 7. The lowest BCUT2D eigenvalue weighted by Gasteiger charge is -2.30. The Labute approximate surface area is 173 Å². The van der Waals surface area contributed by atoms with Crippen molar-refractivity contribution in [1.29, 1.82) is 0 Å². The molecule has 0 aromatic heterocycles. The number of benzene rings is 2. The predicted molar refractivity (Wildman–Crippen MR) is 118 cm³/mol. The maximum absolute atomic E-state index is 13.0. The molecule has 2 aromatic carbocycles. The highest BCUT2D eigenvalue weighted by atomic mass is 16.2. The summed E-state index contributed by atoms with van der Waals surface area (Å²) in [5, 5.41) is 2.95. The first-order valence-corrected chi connectivity index (χ1v) is 10.6. The van der Waals surface area contributed by atoms with E-state index in [-0.39, 0.29) is 11.8 Å². The number of para-hydroxylation sites is 1. The van der Waals surface area contributed by atoms with E-state index in [1.54, 1.807) is 17.0 Å². The van der Waals surface area contributed by atoms with Crippen LogP contribution in [0.2, 0.25) is 0 Å². The Hall–Kier alpha value is -2.66. The van der Waals surface area contributed by atoms with Gasteiger partial charge in [0.1, 0.15) is 0 Å². The lowest BCUT2D eigenvalue weighted by Crippen LogP contribution is -2.39. The first kappa shape index (κ1) is 21.1. The van der Waals surface area contributed by atoms with E-state index in [1.165, 1.54) is 32.1 Å². The van der Waals surface area contributed by atoms with Gasteiger partial charge >= 0.3 is 0 Å². The van der Waals surface area contributed by atoms with E-state index < -0.39 is 0 Å². The van der Waals surface area contributed by atoms with Crippen molar-refractivity contribution in [2.75, 3.05) is 30.4 Å². The Morgan fingerprint density at radius 3 is 2.41 bits per heavy atom. The average molecular weight is 394 g/mol. The minimum Gasteiger partial charge on any atom is -0.325 e. The van der Waals surface area contributed by atoms with Crippen LogP contribution in [-0.2, 0) is 4.79 Å². The summed E-state index contributed by atoms with van der Waals surface area (Å²) in [4.78, 5) is 29.4. The fourth-order valence-corrected chi connectivity index (χ4v) is 4.02. The van der Waals surface area contributed by atoms with Crippen LogP contribution in [0.15, 0.2) is 54.6 Å². The van der Waals surface area contributed by atoms with Gasteiger partial charge in [0, 0.05) is 29.5 Å². The topological polar surface area (TPSA) is 52.7 Å². The average Bonchev–Trinajstić information content (AvgIpc) is 2.75. The first-order valence-electron chi connectivity index (χ1n) is 10.6. The summed E-state index contributed by atoms with van der Waals surface area (Å²) < 4.78 is 0. The zero-order chi connectivity index (χ0) is 20.6. The fourth-order valence-electron chi connectivity index (χ4n) is 4.02. The maximum atomic E-state index is 13.0. The van der Waals surface area contributed by atoms with Crippen molar-refractivity contribution >= 4 is 23.2 Å². The maximum Gasteiger partial charge on any atom is 0.258 e. The van der Waals surface area contributed by atoms with Gasteiger partial charge in [0.05, 0.1) is 6.54 Å². The molecular formula is C24H31N3O2. The summed E-state index contributed by atoms with van der Waals surface area (Å²) in [6, 6.07) is 17.3. The Bertz CT molecular complexity index is 816. The highest BCUT2D eigenvalue weighted by molar-refractivity contribution is 6.07. The number of nitrogens with one attached hydrogen (secondary N) is 1. The number of carbonyl (C=O) groups is 2. The molecule has 0 heterocycles. The summed E-state index contributed by atoms with van der Waals surface area (Å²) >= 11 is 0. The molecule has 5 nitrogen and oxygen atoms in total. The summed E-state index contributed by atoms with van der Waals surface area (Å²) in [5.74, 6) is -0.118. The molecule has 2 aromatic rings. The van der Waals surface area contributed by atoms with Crippen molar-refractivity contribution in [1.82, 2.24) is 4.90 Å². The minimum absolute atomic E-state index is 0.0434. The van der Waals surface area contributed by atoms with Crippen LogP contribution in [0.5, 0.6) is 0 Å². The van der Waals surface area contributed by atoms with E-state index in [2.05, 4.69) is 10.2 Å². The SMILES string of the molecule is CCN(C(=O)c1cccc(NC(=O)CN(C)C2CCCCC2)c1)c1ccccc1. The molecule has 1 saturated carbocycles. The fraction of sp³-hybridized carbons (Fsp3) is 0.417. The molecule has 1 aliphatic carbocycles. The molecule has 2 amide bonds. The molecule has 5 heteroatoms. The van der Waals surface area contributed by atoms with Gasteiger partial charge in [-0.1, -0.05) is 43.5 Å². The van der Waals surface area contributed by atoms with E-state index in [1.807, 2.05) is 56.4 Å². The van der Waals surface area contributed by atoms with Crippen LogP contribution in [0.4, 0.5) is 11.4 Å². The molecule has 154 valence electrons. The van der Waals surface area contributed by atoms with Crippen molar-refractivity contribution in [2.24, 2.45) is 0 Å². The standard InChI is InChI=1S/C24H31N3O2/c1-3-27(22-15-8-5-9-16-22)24(29)19-11-10-12-20(17-19)25-23(28)18-26(2)21-13-6-4-7-14-21/h5,8-12,15-17,21H,3-4,6-7,13-14,18H2,1-2H3,(H,25,28). The van der Waals surface area contributed by atoms with Crippen molar-refractivity contribution in [3.8, 4) is 0 Å². The second-order valence-corrected chi connectivity index (χ2v) is 7.72. The van der Waals surface area contributed by atoms with Gasteiger partial charge in [-0.3, -0.25) is 14.5 Å². The van der Waals surface area contributed by atoms with Crippen LogP contribution >= 0.6 is 0 Å². The van der Waals surface area contributed by atoms with Gasteiger partial charge in [0.2, 0.25) is 5.91 Å². The van der Waals surface area contributed by atoms with Gasteiger partial charge in [-0.05, 0) is 57.1 Å². The van der Waals surface area contributed by atoms with E-state index in [0.717, 1.165) is 5.69 Å². The molecular weight excluding hydrogens is 362 g/mol. The lowest BCUT2D eigenvalue weighted by molar-refractivity contribution is -0.117. The van der Waals surface area contributed by atoms with Crippen LogP contribution < -0.4 is 10.2 Å². The van der Waals surface area contributed by atoms with Gasteiger partial charge in [-0.15, -0.1) is 0 Å². The van der Waals surface area contributed by atoms with Crippen LogP contribution in [0, 0.1) is 0 Å². The molecule has 0 saturated heterocycles. The third kappa shape index (κ3) is 5.67. The summed E-state index contributed by atoms with van der Waals surface area (Å²) in [6.45, 7) is 2.90. The lowest BCUT2D eigenvalue weighted by atomic mass is 9.94.